The molecule has 0 bridgehead atoms. The Morgan fingerprint density at radius 1 is 1.26 bits per heavy atom. The van der Waals surface area contributed by atoms with Gasteiger partial charge in [-0.3, -0.25) is 9.69 Å². The van der Waals surface area contributed by atoms with Gasteiger partial charge < -0.3 is 5.32 Å². The maximum absolute atomic E-state index is 12.5. The van der Waals surface area contributed by atoms with Crippen LogP contribution in [0.4, 0.5) is 5.00 Å². The number of thiophene rings is 1. The quantitative estimate of drug-likeness (QED) is 0.805. The van der Waals surface area contributed by atoms with Gasteiger partial charge in [-0.05, 0) is 30.4 Å². The molecule has 0 saturated heterocycles. The molecule has 1 fully saturated rings. The number of amides is 1. The van der Waals surface area contributed by atoms with Gasteiger partial charge in [-0.1, -0.05) is 43.2 Å². The number of nitrogens with zero attached hydrogens (tertiary/aromatic N) is 2. The number of anilines is 1. The van der Waals surface area contributed by atoms with Crippen molar-refractivity contribution in [3.05, 3.63) is 51.9 Å². The van der Waals surface area contributed by atoms with E-state index in [2.05, 4.69) is 40.6 Å². The van der Waals surface area contributed by atoms with Crippen LogP contribution in [0.1, 0.15) is 47.3 Å². The van der Waals surface area contributed by atoms with E-state index in [9.17, 15) is 10.1 Å². The van der Waals surface area contributed by atoms with E-state index in [-0.39, 0.29) is 24.2 Å². The van der Waals surface area contributed by atoms with Crippen molar-refractivity contribution in [3.63, 3.8) is 0 Å². The highest BCUT2D eigenvalue weighted by atomic mass is 35.5. The Labute approximate surface area is 170 Å². The molecule has 4 nitrogen and oxygen atoms in total. The molecule has 142 valence electrons. The summed E-state index contributed by atoms with van der Waals surface area (Å²) in [5.41, 5.74) is 3.14. The van der Waals surface area contributed by atoms with Gasteiger partial charge in [0.1, 0.15) is 11.1 Å². The summed E-state index contributed by atoms with van der Waals surface area (Å²) in [5.74, 6) is 0.217. The Balaban J connectivity index is 0.00000210. The summed E-state index contributed by atoms with van der Waals surface area (Å²) in [5, 5.41) is 13.5. The zero-order chi connectivity index (χ0) is 17.9. The number of carbonyl (C=O) groups is 1. The van der Waals surface area contributed by atoms with Gasteiger partial charge in [-0.15, -0.1) is 23.7 Å². The van der Waals surface area contributed by atoms with Crippen molar-refractivity contribution in [1.29, 1.82) is 5.26 Å². The lowest BCUT2D eigenvalue weighted by molar-refractivity contribution is -0.119. The van der Waals surface area contributed by atoms with Gasteiger partial charge in [0.25, 0.3) is 0 Å². The summed E-state index contributed by atoms with van der Waals surface area (Å²) in [6.45, 7) is 2.72. The minimum atomic E-state index is 0. The van der Waals surface area contributed by atoms with Crippen molar-refractivity contribution in [2.45, 2.75) is 45.2 Å². The summed E-state index contributed by atoms with van der Waals surface area (Å²) in [4.78, 5) is 16.1. The normalized spacial score (nSPS) is 17.0. The number of nitriles is 1. The van der Waals surface area contributed by atoms with Crippen LogP contribution in [0.15, 0.2) is 30.3 Å². The zero-order valence-electron chi connectivity index (χ0n) is 15.2. The van der Waals surface area contributed by atoms with E-state index in [1.807, 2.05) is 6.07 Å². The molecule has 1 saturated carbocycles. The Bertz CT molecular complexity index is 837. The van der Waals surface area contributed by atoms with Crippen molar-refractivity contribution in [2.75, 3.05) is 11.9 Å². The summed E-state index contributed by atoms with van der Waals surface area (Å²) in [6, 6.07) is 12.8. The smallest absolute Gasteiger partial charge is 0.228 e. The molecule has 2 heterocycles. The summed E-state index contributed by atoms with van der Waals surface area (Å²) in [7, 11) is 0. The van der Waals surface area contributed by atoms with E-state index >= 15 is 0 Å². The first-order valence-electron chi connectivity index (χ1n) is 9.36. The summed E-state index contributed by atoms with van der Waals surface area (Å²) < 4.78 is 0. The fraction of sp³-hybridized carbons (Fsp3) is 0.429. The van der Waals surface area contributed by atoms with Gasteiger partial charge in [0.15, 0.2) is 0 Å². The number of rotatable bonds is 4. The Morgan fingerprint density at radius 2 is 2.00 bits per heavy atom. The molecular formula is C21H24ClN3OS. The molecule has 1 aromatic carbocycles. The predicted molar refractivity (Wildman–Crippen MR) is 111 cm³/mol. The van der Waals surface area contributed by atoms with E-state index < -0.39 is 0 Å². The van der Waals surface area contributed by atoms with Crippen molar-refractivity contribution >= 4 is 34.7 Å². The number of carbonyl (C=O) groups excluding carboxylic acids is 1. The molecule has 0 spiro atoms. The van der Waals surface area contributed by atoms with Crippen LogP contribution in [-0.4, -0.2) is 17.4 Å². The maximum atomic E-state index is 12.5. The van der Waals surface area contributed by atoms with E-state index in [0.29, 0.717) is 5.56 Å². The second kappa shape index (κ2) is 8.88. The second-order valence-corrected chi connectivity index (χ2v) is 8.34. The van der Waals surface area contributed by atoms with Crippen molar-refractivity contribution in [1.82, 2.24) is 4.90 Å². The number of fused-ring (bicyclic) bond motifs is 1. The van der Waals surface area contributed by atoms with Crippen LogP contribution < -0.4 is 5.32 Å². The third-order valence-corrected chi connectivity index (χ3v) is 6.59. The molecular weight excluding hydrogens is 378 g/mol. The molecule has 2 aromatic rings. The van der Waals surface area contributed by atoms with Crippen molar-refractivity contribution in [2.24, 2.45) is 5.92 Å². The van der Waals surface area contributed by atoms with Crippen LogP contribution in [-0.2, 0) is 24.3 Å². The van der Waals surface area contributed by atoms with Crippen LogP contribution in [0.2, 0.25) is 0 Å². The molecule has 1 amide bonds. The lowest BCUT2D eigenvalue weighted by Crippen LogP contribution is -2.29. The lowest BCUT2D eigenvalue weighted by atomic mass is 10.0. The highest BCUT2D eigenvalue weighted by molar-refractivity contribution is 7.16. The van der Waals surface area contributed by atoms with Gasteiger partial charge in [-0.2, -0.15) is 5.26 Å². The van der Waals surface area contributed by atoms with Crippen LogP contribution >= 0.6 is 23.7 Å². The number of benzene rings is 1. The standard InChI is InChI=1S/C21H23N3OS.ClH/c22-12-18-17-10-11-24(13-15-6-2-1-3-7-15)14-19(17)26-21(18)23-20(25)16-8-4-5-9-16;/h1-3,6-7,16H,4-5,8-11,13-14H2,(H,23,25);1H. The molecule has 1 N–H and O–H groups in total. The minimum Gasteiger partial charge on any atom is -0.316 e. The molecule has 4 rings (SSSR count). The van der Waals surface area contributed by atoms with E-state index in [4.69, 9.17) is 0 Å². The number of nitrogens with one attached hydrogen (secondary N) is 1. The molecule has 0 atom stereocenters. The third kappa shape index (κ3) is 4.35. The van der Waals surface area contributed by atoms with Crippen LogP contribution in [0.5, 0.6) is 0 Å². The predicted octanol–water partition coefficient (Wildman–Crippen LogP) is 4.73. The molecule has 1 aromatic heterocycles. The zero-order valence-corrected chi connectivity index (χ0v) is 16.9. The molecule has 0 radical (unpaired) electrons. The first kappa shape index (κ1) is 19.9. The second-order valence-electron chi connectivity index (χ2n) is 7.24. The highest BCUT2D eigenvalue weighted by Crippen LogP contribution is 2.38. The SMILES string of the molecule is Cl.N#Cc1c(NC(=O)C2CCCC2)sc2c1CCN(Cc1ccccc1)C2. The number of hydrogen-bond acceptors (Lipinski definition) is 4. The van der Waals surface area contributed by atoms with Gasteiger partial charge >= 0.3 is 0 Å². The van der Waals surface area contributed by atoms with Gasteiger partial charge in [0.2, 0.25) is 5.91 Å². The van der Waals surface area contributed by atoms with E-state index in [1.54, 1.807) is 11.3 Å². The summed E-state index contributed by atoms with van der Waals surface area (Å²) in [6.07, 6.45) is 5.10. The molecule has 1 aliphatic heterocycles. The molecule has 1 aliphatic carbocycles. The fourth-order valence-electron chi connectivity index (χ4n) is 4.04. The monoisotopic (exact) mass is 401 g/mol. The average Bonchev–Trinajstić information content (AvgIpc) is 3.29. The minimum absolute atomic E-state index is 0. The number of hydrogen-bond donors (Lipinski definition) is 1. The Hall–Kier alpha value is -1.87. The highest BCUT2D eigenvalue weighted by Gasteiger charge is 2.28. The third-order valence-electron chi connectivity index (χ3n) is 5.46. The van der Waals surface area contributed by atoms with E-state index in [1.165, 1.54) is 10.4 Å². The van der Waals surface area contributed by atoms with Crippen molar-refractivity contribution in [3.8, 4) is 6.07 Å². The largest absolute Gasteiger partial charge is 0.316 e. The fourth-order valence-corrected chi connectivity index (χ4v) is 5.28. The van der Waals surface area contributed by atoms with Crippen LogP contribution in [0, 0.1) is 17.2 Å². The topological polar surface area (TPSA) is 56.1 Å². The molecule has 27 heavy (non-hydrogen) atoms. The lowest BCUT2D eigenvalue weighted by Gasteiger charge is -2.26. The first-order chi connectivity index (χ1) is 12.7. The molecule has 6 heteroatoms. The summed E-state index contributed by atoms with van der Waals surface area (Å²) >= 11 is 1.59. The maximum Gasteiger partial charge on any atom is 0.228 e. The van der Waals surface area contributed by atoms with Gasteiger partial charge in [0, 0.05) is 30.4 Å². The number of halogens is 1. The van der Waals surface area contributed by atoms with Gasteiger partial charge in [-0.25, -0.2) is 0 Å². The van der Waals surface area contributed by atoms with Crippen LogP contribution in [0.25, 0.3) is 0 Å². The average molecular weight is 402 g/mol. The molecule has 2 aliphatic rings. The van der Waals surface area contributed by atoms with Gasteiger partial charge in [0.05, 0.1) is 5.56 Å². The van der Waals surface area contributed by atoms with Crippen LogP contribution in [0.3, 0.4) is 0 Å². The first-order valence-corrected chi connectivity index (χ1v) is 10.2. The Kier molecular flexibility index (Phi) is 6.54. The Morgan fingerprint density at radius 3 is 2.70 bits per heavy atom. The van der Waals surface area contributed by atoms with E-state index in [0.717, 1.165) is 62.3 Å². The van der Waals surface area contributed by atoms with Crippen molar-refractivity contribution < 1.29 is 4.79 Å². The molecule has 0 unspecified atom stereocenters.